The zero-order chi connectivity index (χ0) is 16.0. The fourth-order valence-corrected chi connectivity index (χ4v) is 2.69. The van der Waals surface area contributed by atoms with Crippen LogP contribution in [0.15, 0.2) is 24.3 Å². The van der Waals surface area contributed by atoms with Crippen molar-refractivity contribution in [2.24, 2.45) is 0 Å². The van der Waals surface area contributed by atoms with E-state index >= 15 is 0 Å². The minimum absolute atomic E-state index is 0.0511. The Kier molecular flexibility index (Phi) is 5.44. The highest BCUT2D eigenvalue weighted by atomic mass is 32.2. The maximum atomic E-state index is 13.5. The molecule has 0 spiro atoms. The molecule has 1 rings (SSSR count). The summed E-state index contributed by atoms with van der Waals surface area (Å²) in [5.74, 6) is -1.95. The van der Waals surface area contributed by atoms with Gasteiger partial charge in [-0.15, -0.1) is 0 Å². The predicted molar refractivity (Wildman–Crippen MR) is 75.3 cm³/mol. The van der Waals surface area contributed by atoms with Crippen LogP contribution in [0.2, 0.25) is 0 Å². The molecule has 1 aromatic rings. The number of benzene rings is 1. The second-order valence-electron chi connectivity index (χ2n) is 4.08. The van der Waals surface area contributed by atoms with Crippen molar-refractivity contribution < 1.29 is 22.7 Å². The Hall–Kier alpha value is -2.40. The Labute approximate surface area is 121 Å². The molecule has 0 aliphatic rings. The number of nitriles is 1. The van der Waals surface area contributed by atoms with E-state index in [1.54, 1.807) is 13.0 Å². The van der Waals surface area contributed by atoms with Crippen molar-refractivity contribution in [3.05, 3.63) is 35.7 Å². The van der Waals surface area contributed by atoms with Gasteiger partial charge in [-0.2, -0.15) is 5.26 Å². The number of nitrogens with zero attached hydrogens (tertiary/aromatic N) is 1. The van der Waals surface area contributed by atoms with Gasteiger partial charge in [0.1, 0.15) is 5.82 Å². The summed E-state index contributed by atoms with van der Waals surface area (Å²) in [6.45, 7) is 1.55. The van der Waals surface area contributed by atoms with Gasteiger partial charge in [-0.25, -0.2) is 17.6 Å². The van der Waals surface area contributed by atoms with E-state index in [4.69, 9.17) is 10.4 Å². The quantitative estimate of drug-likeness (QED) is 0.781. The standard InChI is InChI=1S/C13H13FN2O4S/c1-2-11(8-15)21(19,20)16-10-4-5-12(14)9(7-10)3-6-13(17)18/h3-7,11,16H,2H2,1H3,(H,17,18)/b6-3+. The summed E-state index contributed by atoms with van der Waals surface area (Å²) in [5, 5.41) is 16.1. The molecular formula is C13H13FN2O4S. The third kappa shape index (κ3) is 4.57. The van der Waals surface area contributed by atoms with Crippen LogP contribution in [0.4, 0.5) is 10.1 Å². The molecule has 0 saturated carbocycles. The van der Waals surface area contributed by atoms with Gasteiger partial charge in [-0.05, 0) is 30.7 Å². The van der Waals surface area contributed by atoms with Gasteiger partial charge in [0.15, 0.2) is 5.25 Å². The van der Waals surface area contributed by atoms with E-state index in [0.29, 0.717) is 0 Å². The number of carboxylic acids is 1. The maximum absolute atomic E-state index is 13.5. The van der Waals surface area contributed by atoms with Gasteiger partial charge in [0.05, 0.1) is 6.07 Å². The average Bonchev–Trinajstić information content (AvgIpc) is 2.40. The number of carbonyl (C=O) groups is 1. The highest BCUT2D eigenvalue weighted by molar-refractivity contribution is 7.93. The van der Waals surface area contributed by atoms with Gasteiger partial charge in [-0.1, -0.05) is 6.92 Å². The Balaban J connectivity index is 3.09. The molecule has 8 heteroatoms. The summed E-state index contributed by atoms with van der Waals surface area (Å²) in [6.07, 6.45) is 1.86. The lowest BCUT2D eigenvalue weighted by Crippen LogP contribution is -2.25. The summed E-state index contributed by atoms with van der Waals surface area (Å²) < 4.78 is 39.4. The molecular weight excluding hydrogens is 299 g/mol. The zero-order valence-corrected chi connectivity index (χ0v) is 11.9. The van der Waals surface area contributed by atoms with Gasteiger partial charge in [0.2, 0.25) is 10.0 Å². The van der Waals surface area contributed by atoms with E-state index < -0.39 is 27.1 Å². The highest BCUT2D eigenvalue weighted by Crippen LogP contribution is 2.19. The van der Waals surface area contributed by atoms with Crippen LogP contribution in [-0.4, -0.2) is 24.7 Å². The first kappa shape index (κ1) is 16.7. The molecule has 0 fully saturated rings. The topological polar surface area (TPSA) is 107 Å². The van der Waals surface area contributed by atoms with Crippen LogP contribution in [0, 0.1) is 17.1 Å². The van der Waals surface area contributed by atoms with Crippen LogP contribution in [-0.2, 0) is 14.8 Å². The van der Waals surface area contributed by atoms with Crippen molar-refractivity contribution in [1.29, 1.82) is 5.26 Å². The Morgan fingerprint density at radius 3 is 2.76 bits per heavy atom. The lowest BCUT2D eigenvalue weighted by atomic mass is 10.2. The molecule has 112 valence electrons. The third-order valence-corrected chi connectivity index (χ3v) is 4.26. The van der Waals surface area contributed by atoms with Gasteiger partial charge < -0.3 is 5.11 Å². The molecule has 0 saturated heterocycles. The summed E-state index contributed by atoms with van der Waals surface area (Å²) >= 11 is 0. The van der Waals surface area contributed by atoms with Gasteiger partial charge in [0, 0.05) is 17.3 Å². The summed E-state index contributed by atoms with van der Waals surface area (Å²) in [5.41, 5.74) is -0.0299. The number of hydrogen-bond acceptors (Lipinski definition) is 4. The molecule has 6 nitrogen and oxygen atoms in total. The SMILES string of the molecule is CCC(C#N)S(=O)(=O)Nc1ccc(F)c(/C=C/C(=O)O)c1. The first-order valence-corrected chi connectivity index (χ1v) is 7.46. The number of sulfonamides is 1. The predicted octanol–water partition coefficient (Wildman–Crippen LogP) is 1.97. The lowest BCUT2D eigenvalue weighted by molar-refractivity contribution is -0.131. The molecule has 1 unspecified atom stereocenters. The number of rotatable bonds is 6. The fraction of sp³-hybridized carbons (Fsp3) is 0.231. The van der Waals surface area contributed by atoms with E-state index in [2.05, 4.69) is 4.72 Å². The third-order valence-electron chi connectivity index (χ3n) is 2.55. The first-order chi connectivity index (χ1) is 9.80. The van der Waals surface area contributed by atoms with Crippen molar-refractivity contribution in [3.63, 3.8) is 0 Å². The average molecular weight is 312 g/mol. The van der Waals surface area contributed by atoms with E-state index in [1.165, 1.54) is 6.07 Å². The number of aliphatic carboxylic acids is 1. The van der Waals surface area contributed by atoms with Crippen LogP contribution in [0.1, 0.15) is 18.9 Å². The molecule has 0 bridgehead atoms. The highest BCUT2D eigenvalue weighted by Gasteiger charge is 2.23. The minimum Gasteiger partial charge on any atom is -0.478 e. The fourth-order valence-electron chi connectivity index (χ4n) is 1.51. The molecule has 0 heterocycles. The second-order valence-corrected chi connectivity index (χ2v) is 5.94. The molecule has 1 atom stereocenters. The Morgan fingerprint density at radius 1 is 1.57 bits per heavy atom. The van der Waals surface area contributed by atoms with E-state index in [9.17, 15) is 17.6 Å². The van der Waals surface area contributed by atoms with Crippen molar-refractivity contribution >= 4 is 27.8 Å². The van der Waals surface area contributed by atoms with Crippen molar-refractivity contribution in [2.45, 2.75) is 18.6 Å². The van der Waals surface area contributed by atoms with Crippen LogP contribution in [0.5, 0.6) is 0 Å². The van der Waals surface area contributed by atoms with E-state index in [-0.39, 0.29) is 17.7 Å². The van der Waals surface area contributed by atoms with E-state index in [1.807, 2.05) is 0 Å². The van der Waals surface area contributed by atoms with E-state index in [0.717, 1.165) is 24.3 Å². The Morgan fingerprint density at radius 2 is 2.24 bits per heavy atom. The normalized spacial score (nSPS) is 12.8. The molecule has 2 N–H and O–H groups in total. The first-order valence-electron chi connectivity index (χ1n) is 5.92. The molecule has 0 amide bonds. The second kappa shape index (κ2) is 6.85. The summed E-state index contributed by atoms with van der Waals surface area (Å²) in [6, 6.07) is 5.01. The zero-order valence-electron chi connectivity index (χ0n) is 11.1. The molecule has 1 aromatic carbocycles. The maximum Gasteiger partial charge on any atom is 0.328 e. The monoisotopic (exact) mass is 312 g/mol. The van der Waals surface area contributed by atoms with Crippen LogP contribution in [0.25, 0.3) is 6.08 Å². The van der Waals surface area contributed by atoms with Crippen LogP contribution in [0.3, 0.4) is 0 Å². The summed E-state index contributed by atoms with van der Waals surface area (Å²) in [4.78, 5) is 10.4. The van der Waals surface area contributed by atoms with Crippen molar-refractivity contribution in [1.82, 2.24) is 0 Å². The minimum atomic E-state index is -3.91. The number of anilines is 1. The van der Waals surface area contributed by atoms with Crippen molar-refractivity contribution in [2.75, 3.05) is 4.72 Å². The molecule has 0 aromatic heterocycles. The molecule has 21 heavy (non-hydrogen) atoms. The lowest BCUT2D eigenvalue weighted by Gasteiger charge is -2.11. The van der Waals surface area contributed by atoms with Gasteiger partial charge in [0.25, 0.3) is 0 Å². The Bertz CT molecular complexity index is 707. The molecule has 0 aliphatic carbocycles. The smallest absolute Gasteiger partial charge is 0.328 e. The van der Waals surface area contributed by atoms with Gasteiger partial charge >= 0.3 is 5.97 Å². The van der Waals surface area contributed by atoms with Crippen LogP contribution < -0.4 is 4.72 Å². The number of hydrogen-bond donors (Lipinski definition) is 2. The van der Waals surface area contributed by atoms with Gasteiger partial charge in [-0.3, -0.25) is 4.72 Å². The molecule has 0 aliphatic heterocycles. The summed E-state index contributed by atoms with van der Waals surface area (Å²) in [7, 11) is -3.91. The number of nitrogens with one attached hydrogen (secondary N) is 1. The van der Waals surface area contributed by atoms with Crippen LogP contribution >= 0.6 is 0 Å². The molecule has 0 radical (unpaired) electrons. The van der Waals surface area contributed by atoms with Crippen molar-refractivity contribution in [3.8, 4) is 6.07 Å². The number of halogens is 1. The number of carboxylic acid groups (broad SMARTS) is 1. The largest absolute Gasteiger partial charge is 0.478 e.